The van der Waals surface area contributed by atoms with Crippen molar-refractivity contribution in [1.82, 2.24) is 4.90 Å². The summed E-state index contributed by atoms with van der Waals surface area (Å²) in [6.45, 7) is 1.88. The van der Waals surface area contributed by atoms with Crippen molar-refractivity contribution in [3.8, 4) is 0 Å². The van der Waals surface area contributed by atoms with Gasteiger partial charge < -0.3 is 15.4 Å². The smallest absolute Gasteiger partial charge is 0.224 e. The highest BCUT2D eigenvalue weighted by Gasteiger charge is 2.44. The maximum absolute atomic E-state index is 11.4. The predicted molar refractivity (Wildman–Crippen MR) is 43.5 cm³/mol. The van der Waals surface area contributed by atoms with E-state index in [1.807, 2.05) is 4.90 Å². The van der Waals surface area contributed by atoms with Gasteiger partial charge in [-0.1, -0.05) is 0 Å². The lowest BCUT2D eigenvalue weighted by atomic mass is 9.91. The standard InChI is InChI=1S/C8H14N2O2/c9-2-1-8(11)10-6-3-7(10)5-12-4-6/h6-7H,1-5,9H2/t6-,7-/m1/s1. The molecule has 3 aliphatic heterocycles. The molecule has 3 aliphatic rings. The third kappa shape index (κ3) is 1.11. The van der Waals surface area contributed by atoms with E-state index < -0.39 is 0 Å². The molecule has 2 N–H and O–H groups in total. The Morgan fingerprint density at radius 1 is 1.50 bits per heavy atom. The Morgan fingerprint density at radius 2 is 2.17 bits per heavy atom. The molecule has 3 fully saturated rings. The number of nitrogens with zero attached hydrogens (tertiary/aromatic N) is 1. The lowest BCUT2D eigenvalue weighted by molar-refractivity contribution is -0.167. The molecule has 0 aromatic heterocycles. The third-order valence-electron chi connectivity index (χ3n) is 2.60. The van der Waals surface area contributed by atoms with Gasteiger partial charge in [0, 0.05) is 13.0 Å². The van der Waals surface area contributed by atoms with E-state index >= 15 is 0 Å². The molecule has 4 heteroatoms. The lowest BCUT2D eigenvalue weighted by Crippen LogP contribution is -2.65. The topological polar surface area (TPSA) is 55.6 Å². The highest BCUT2D eigenvalue weighted by atomic mass is 16.5. The van der Waals surface area contributed by atoms with Crippen LogP contribution in [-0.4, -0.2) is 42.6 Å². The Morgan fingerprint density at radius 3 is 2.67 bits per heavy atom. The fraction of sp³-hybridized carbons (Fsp3) is 0.875. The molecule has 0 radical (unpaired) electrons. The van der Waals surface area contributed by atoms with E-state index in [-0.39, 0.29) is 5.91 Å². The van der Waals surface area contributed by atoms with E-state index in [4.69, 9.17) is 10.5 Å². The predicted octanol–water partition coefficient (Wildman–Crippen LogP) is -0.665. The largest absolute Gasteiger partial charge is 0.377 e. The normalized spacial score (nSPS) is 32.9. The van der Waals surface area contributed by atoms with Gasteiger partial charge in [-0.05, 0) is 6.42 Å². The minimum absolute atomic E-state index is 0.196. The molecule has 0 spiro atoms. The fourth-order valence-electron chi connectivity index (χ4n) is 2.00. The quantitative estimate of drug-likeness (QED) is 0.598. The number of nitrogens with two attached hydrogens (primary N) is 1. The summed E-state index contributed by atoms with van der Waals surface area (Å²) < 4.78 is 5.26. The van der Waals surface area contributed by atoms with Gasteiger partial charge in [0.05, 0.1) is 25.3 Å². The van der Waals surface area contributed by atoms with E-state index in [0.29, 0.717) is 38.3 Å². The van der Waals surface area contributed by atoms with Crippen LogP contribution in [0.25, 0.3) is 0 Å². The summed E-state index contributed by atoms with van der Waals surface area (Å²) >= 11 is 0. The van der Waals surface area contributed by atoms with Gasteiger partial charge in [-0.15, -0.1) is 0 Å². The summed E-state index contributed by atoms with van der Waals surface area (Å²) in [6.07, 6.45) is 1.60. The summed E-state index contributed by atoms with van der Waals surface area (Å²) in [6, 6.07) is 0.700. The van der Waals surface area contributed by atoms with Gasteiger partial charge in [0.2, 0.25) is 5.91 Å². The highest BCUT2D eigenvalue weighted by molar-refractivity contribution is 5.78. The van der Waals surface area contributed by atoms with E-state index in [1.165, 1.54) is 0 Å². The van der Waals surface area contributed by atoms with Crippen molar-refractivity contribution >= 4 is 5.91 Å². The van der Waals surface area contributed by atoms with Crippen LogP contribution in [0.4, 0.5) is 0 Å². The number of ether oxygens (including phenoxy) is 1. The van der Waals surface area contributed by atoms with Crippen LogP contribution in [0.2, 0.25) is 0 Å². The van der Waals surface area contributed by atoms with Crippen molar-refractivity contribution in [3.05, 3.63) is 0 Å². The monoisotopic (exact) mass is 170 g/mol. The molecular weight excluding hydrogens is 156 g/mol. The maximum atomic E-state index is 11.4. The molecule has 0 aliphatic carbocycles. The van der Waals surface area contributed by atoms with Crippen LogP contribution >= 0.6 is 0 Å². The average molecular weight is 170 g/mol. The SMILES string of the molecule is NCCC(=O)N1[C@H]2COC[C@H]1C2. The number of hydrogen-bond donors (Lipinski definition) is 1. The van der Waals surface area contributed by atoms with E-state index in [9.17, 15) is 4.79 Å². The number of rotatable bonds is 2. The minimum atomic E-state index is 0.196. The average Bonchev–Trinajstić information content (AvgIpc) is 2.05. The maximum Gasteiger partial charge on any atom is 0.224 e. The van der Waals surface area contributed by atoms with E-state index in [1.54, 1.807) is 0 Å². The summed E-state index contributed by atoms with van der Waals surface area (Å²) in [7, 11) is 0. The lowest BCUT2D eigenvalue weighted by Gasteiger charge is -2.52. The van der Waals surface area contributed by atoms with Gasteiger partial charge in [0.15, 0.2) is 0 Å². The molecule has 2 atom stereocenters. The second kappa shape index (κ2) is 3.03. The Balaban J connectivity index is 1.92. The number of amides is 1. The van der Waals surface area contributed by atoms with Gasteiger partial charge in [-0.3, -0.25) is 4.79 Å². The Hall–Kier alpha value is -0.610. The fourth-order valence-corrected chi connectivity index (χ4v) is 2.00. The second-order valence-electron chi connectivity index (χ2n) is 3.42. The van der Waals surface area contributed by atoms with Gasteiger partial charge >= 0.3 is 0 Å². The van der Waals surface area contributed by atoms with Crippen LogP contribution in [0.1, 0.15) is 12.8 Å². The Bertz CT molecular complexity index is 181. The molecule has 3 heterocycles. The minimum Gasteiger partial charge on any atom is -0.377 e. The second-order valence-corrected chi connectivity index (χ2v) is 3.42. The summed E-state index contributed by atoms with van der Waals surface area (Å²) in [5.41, 5.74) is 5.32. The molecule has 12 heavy (non-hydrogen) atoms. The molecule has 0 saturated carbocycles. The zero-order chi connectivity index (χ0) is 8.55. The van der Waals surface area contributed by atoms with Gasteiger partial charge in [-0.25, -0.2) is 0 Å². The number of hydrogen-bond acceptors (Lipinski definition) is 3. The van der Waals surface area contributed by atoms with Crippen LogP contribution in [0, 0.1) is 0 Å². The van der Waals surface area contributed by atoms with E-state index in [2.05, 4.69) is 0 Å². The van der Waals surface area contributed by atoms with Crippen LogP contribution in [-0.2, 0) is 9.53 Å². The van der Waals surface area contributed by atoms with Gasteiger partial charge in [0.1, 0.15) is 0 Å². The molecule has 0 unspecified atom stereocenters. The zero-order valence-electron chi connectivity index (χ0n) is 7.03. The highest BCUT2D eigenvalue weighted by Crippen LogP contribution is 2.30. The summed E-state index contributed by atoms with van der Waals surface area (Å²) in [5, 5.41) is 0. The van der Waals surface area contributed by atoms with Gasteiger partial charge in [-0.2, -0.15) is 0 Å². The van der Waals surface area contributed by atoms with Crippen LogP contribution in [0.5, 0.6) is 0 Å². The molecule has 1 amide bonds. The van der Waals surface area contributed by atoms with Gasteiger partial charge in [0.25, 0.3) is 0 Å². The van der Waals surface area contributed by atoms with Crippen molar-refractivity contribution in [1.29, 1.82) is 0 Å². The van der Waals surface area contributed by atoms with Crippen molar-refractivity contribution in [2.24, 2.45) is 5.73 Å². The Kier molecular flexibility index (Phi) is 2.02. The molecule has 4 nitrogen and oxygen atoms in total. The van der Waals surface area contributed by atoms with Crippen molar-refractivity contribution in [2.45, 2.75) is 24.9 Å². The van der Waals surface area contributed by atoms with Crippen LogP contribution < -0.4 is 5.73 Å². The molecule has 0 aromatic carbocycles. The first-order valence-corrected chi connectivity index (χ1v) is 4.42. The summed E-state index contributed by atoms with van der Waals surface area (Å²) in [5.74, 6) is 0.196. The van der Waals surface area contributed by atoms with Crippen molar-refractivity contribution in [2.75, 3.05) is 19.8 Å². The van der Waals surface area contributed by atoms with Crippen LogP contribution in [0.15, 0.2) is 0 Å². The van der Waals surface area contributed by atoms with E-state index in [0.717, 1.165) is 6.42 Å². The van der Waals surface area contributed by atoms with Crippen molar-refractivity contribution < 1.29 is 9.53 Å². The molecule has 3 saturated heterocycles. The number of carbonyl (C=O) groups excluding carboxylic acids is 1. The molecular formula is C8H14N2O2. The molecule has 68 valence electrons. The van der Waals surface area contributed by atoms with Crippen molar-refractivity contribution in [3.63, 3.8) is 0 Å². The first kappa shape index (κ1) is 8.01. The molecule has 0 aromatic rings. The summed E-state index contributed by atoms with van der Waals surface area (Å²) in [4.78, 5) is 13.4. The number of fused-ring (bicyclic) bond motifs is 2. The molecule has 3 rings (SSSR count). The third-order valence-corrected chi connectivity index (χ3v) is 2.60. The first-order chi connectivity index (χ1) is 5.83. The molecule has 2 bridgehead atoms. The Labute approximate surface area is 71.7 Å². The van der Waals surface area contributed by atoms with Crippen LogP contribution in [0.3, 0.4) is 0 Å². The number of carbonyl (C=O) groups is 1. The first-order valence-electron chi connectivity index (χ1n) is 4.42. The zero-order valence-corrected chi connectivity index (χ0v) is 7.03. The number of morpholine rings is 1.